The molecule has 0 unspecified atom stereocenters. The Kier molecular flexibility index (Phi) is 4.27. The molecule has 3 heteroatoms. The normalized spacial score (nSPS) is 22.2. The van der Waals surface area contributed by atoms with Gasteiger partial charge in [0.1, 0.15) is 0 Å². The van der Waals surface area contributed by atoms with Gasteiger partial charge in [0.15, 0.2) is 0 Å². The minimum atomic E-state index is 0.804. The van der Waals surface area contributed by atoms with Gasteiger partial charge in [0.2, 0.25) is 0 Å². The topological polar surface area (TPSA) is 18.5 Å². The van der Waals surface area contributed by atoms with Gasteiger partial charge in [0, 0.05) is 51.0 Å². The van der Waals surface area contributed by atoms with Crippen LogP contribution in [0.15, 0.2) is 18.2 Å². The molecule has 0 atom stereocenters. The highest BCUT2D eigenvalue weighted by atomic mass is 15.2. The van der Waals surface area contributed by atoms with Crippen molar-refractivity contribution >= 4 is 5.69 Å². The van der Waals surface area contributed by atoms with Crippen LogP contribution in [-0.2, 0) is 0 Å². The monoisotopic (exact) mass is 273 g/mol. The number of rotatable bonds is 2. The van der Waals surface area contributed by atoms with Gasteiger partial charge in [0.05, 0.1) is 0 Å². The van der Waals surface area contributed by atoms with Crippen molar-refractivity contribution < 1.29 is 0 Å². The maximum atomic E-state index is 3.45. The summed E-state index contributed by atoms with van der Waals surface area (Å²) in [5.74, 6) is 0. The van der Waals surface area contributed by atoms with Crippen LogP contribution in [0.3, 0.4) is 0 Å². The van der Waals surface area contributed by atoms with E-state index in [2.05, 4.69) is 47.2 Å². The molecule has 1 aromatic carbocycles. The Labute approximate surface area is 123 Å². The maximum absolute atomic E-state index is 3.45. The molecule has 0 saturated carbocycles. The molecule has 0 aliphatic carbocycles. The summed E-state index contributed by atoms with van der Waals surface area (Å²) in [6.07, 6.45) is 2.63. The van der Waals surface area contributed by atoms with Gasteiger partial charge in [-0.25, -0.2) is 0 Å². The van der Waals surface area contributed by atoms with Crippen molar-refractivity contribution in [3.63, 3.8) is 0 Å². The van der Waals surface area contributed by atoms with Gasteiger partial charge in [-0.1, -0.05) is 12.1 Å². The van der Waals surface area contributed by atoms with E-state index in [9.17, 15) is 0 Å². The molecule has 3 rings (SSSR count). The van der Waals surface area contributed by atoms with E-state index in [1.54, 1.807) is 0 Å². The van der Waals surface area contributed by atoms with Gasteiger partial charge in [-0.3, -0.25) is 4.90 Å². The van der Waals surface area contributed by atoms with Gasteiger partial charge in [-0.15, -0.1) is 0 Å². The summed E-state index contributed by atoms with van der Waals surface area (Å²) in [4.78, 5) is 5.28. The highest BCUT2D eigenvalue weighted by Crippen LogP contribution is 2.27. The molecule has 0 amide bonds. The second kappa shape index (κ2) is 6.15. The average Bonchev–Trinajstić information content (AvgIpc) is 2.51. The largest absolute Gasteiger partial charge is 0.371 e. The van der Waals surface area contributed by atoms with E-state index >= 15 is 0 Å². The molecule has 3 nitrogen and oxygen atoms in total. The molecule has 2 aliphatic heterocycles. The Balaban J connectivity index is 1.62. The quantitative estimate of drug-likeness (QED) is 0.891. The lowest BCUT2D eigenvalue weighted by Gasteiger charge is -2.41. The first-order valence-corrected chi connectivity index (χ1v) is 8.01. The third-order valence-electron chi connectivity index (χ3n) is 5.05. The van der Waals surface area contributed by atoms with E-state index in [4.69, 9.17) is 0 Å². The van der Waals surface area contributed by atoms with Crippen LogP contribution in [0.2, 0.25) is 0 Å². The van der Waals surface area contributed by atoms with Gasteiger partial charge >= 0.3 is 0 Å². The number of aryl methyl sites for hydroxylation is 1. The number of nitrogens with zero attached hydrogens (tertiary/aromatic N) is 2. The van der Waals surface area contributed by atoms with Crippen molar-refractivity contribution in [2.75, 3.05) is 44.2 Å². The zero-order valence-electron chi connectivity index (χ0n) is 12.9. The molecule has 0 radical (unpaired) electrons. The lowest BCUT2D eigenvalue weighted by Crippen LogP contribution is -2.52. The van der Waals surface area contributed by atoms with Crippen LogP contribution in [0, 0.1) is 13.8 Å². The van der Waals surface area contributed by atoms with Crippen LogP contribution >= 0.6 is 0 Å². The molecule has 0 bridgehead atoms. The Morgan fingerprint density at radius 3 is 2.40 bits per heavy atom. The smallest absolute Gasteiger partial charge is 0.0398 e. The third-order valence-corrected chi connectivity index (χ3v) is 5.05. The molecule has 2 heterocycles. The fourth-order valence-electron chi connectivity index (χ4n) is 3.60. The molecule has 20 heavy (non-hydrogen) atoms. The van der Waals surface area contributed by atoms with Crippen LogP contribution < -0.4 is 10.2 Å². The average molecular weight is 273 g/mol. The van der Waals surface area contributed by atoms with E-state index in [0.29, 0.717) is 0 Å². The number of piperazine rings is 1. The van der Waals surface area contributed by atoms with Crippen LogP contribution in [-0.4, -0.2) is 50.2 Å². The van der Waals surface area contributed by atoms with Crippen LogP contribution in [0.1, 0.15) is 24.0 Å². The second-order valence-electron chi connectivity index (χ2n) is 6.22. The van der Waals surface area contributed by atoms with Crippen molar-refractivity contribution in [2.24, 2.45) is 0 Å². The van der Waals surface area contributed by atoms with Crippen molar-refractivity contribution in [1.29, 1.82) is 0 Å². The Morgan fingerprint density at radius 1 is 1.00 bits per heavy atom. The van der Waals surface area contributed by atoms with Gasteiger partial charge in [0.25, 0.3) is 0 Å². The van der Waals surface area contributed by atoms with Gasteiger partial charge in [-0.05, 0) is 43.9 Å². The summed E-state index contributed by atoms with van der Waals surface area (Å²) in [7, 11) is 0. The van der Waals surface area contributed by atoms with E-state index in [1.165, 1.54) is 55.8 Å². The summed E-state index contributed by atoms with van der Waals surface area (Å²) in [6, 6.07) is 7.50. The molecular formula is C17H27N3. The van der Waals surface area contributed by atoms with Gasteiger partial charge < -0.3 is 10.2 Å². The van der Waals surface area contributed by atoms with Crippen molar-refractivity contribution in [3.8, 4) is 0 Å². The molecular weight excluding hydrogens is 246 g/mol. The number of hydrogen-bond acceptors (Lipinski definition) is 3. The highest BCUT2D eigenvalue weighted by Gasteiger charge is 2.26. The Hall–Kier alpha value is -1.06. The number of anilines is 1. The van der Waals surface area contributed by atoms with Crippen LogP contribution in [0.25, 0.3) is 0 Å². The lowest BCUT2D eigenvalue weighted by molar-refractivity contribution is 0.150. The minimum absolute atomic E-state index is 0.804. The predicted molar refractivity (Wildman–Crippen MR) is 85.6 cm³/mol. The van der Waals surface area contributed by atoms with E-state index in [1.807, 2.05) is 0 Å². The fourth-order valence-corrected chi connectivity index (χ4v) is 3.60. The zero-order valence-corrected chi connectivity index (χ0v) is 12.9. The SMILES string of the molecule is Cc1cccc(N2CCC(N3CCNCC3)CC2)c1C. The minimum Gasteiger partial charge on any atom is -0.371 e. The van der Waals surface area contributed by atoms with Crippen LogP contribution in [0.5, 0.6) is 0 Å². The first kappa shape index (κ1) is 13.9. The van der Waals surface area contributed by atoms with E-state index < -0.39 is 0 Å². The number of benzene rings is 1. The maximum Gasteiger partial charge on any atom is 0.0398 e. The van der Waals surface area contributed by atoms with Crippen LogP contribution in [0.4, 0.5) is 5.69 Å². The Morgan fingerprint density at radius 2 is 1.70 bits per heavy atom. The molecule has 2 fully saturated rings. The number of piperidine rings is 1. The van der Waals surface area contributed by atoms with Crippen molar-refractivity contribution in [3.05, 3.63) is 29.3 Å². The molecule has 0 aromatic heterocycles. The summed E-state index contributed by atoms with van der Waals surface area (Å²) < 4.78 is 0. The van der Waals surface area contributed by atoms with Gasteiger partial charge in [-0.2, -0.15) is 0 Å². The summed E-state index contributed by atoms with van der Waals surface area (Å²) >= 11 is 0. The summed E-state index contributed by atoms with van der Waals surface area (Å²) in [5.41, 5.74) is 4.31. The zero-order chi connectivity index (χ0) is 13.9. The third kappa shape index (κ3) is 2.84. The van der Waals surface area contributed by atoms with Crippen molar-refractivity contribution in [1.82, 2.24) is 10.2 Å². The number of nitrogens with one attached hydrogen (secondary N) is 1. The number of hydrogen-bond donors (Lipinski definition) is 1. The molecule has 2 aliphatic rings. The molecule has 2 saturated heterocycles. The predicted octanol–water partition coefficient (Wildman–Crippen LogP) is 2.18. The first-order valence-electron chi connectivity index (χ1n) is 8.01. The Bertz CT molecular complexity index is 444. The van der Waals surface area contributed by atoms with E-state index in [-0.39, 0.29) is 0 Å². The second-order valence-corrected chi connectivity index (χ2v) is 6.22. The lowest BCUT2D eigenvalue weighted by atomic mass is 10.00. The summed E-state index contributed by atoms with van der Waals surface area (Å²) in [5, 5.41) is 3.45. The highest BCUT2D eigenvalue weighted by molar-refractivity contribution is 5.56. The molecule has 1 aromatic rings. The summed E-state index contributed by atoms with van der Waals surface area (Å²) in [6.45, 7) is 11.7. The first-order chi connectivity index (χ1) is 9.75. The molecule has 1 N–H and O–H groups in total. The molecule has 0 spiro atoms. The van der Waals surface area contributed by atoms with E-state index in [0.717, 1.165) is 19.1 Å². The standard InChI is InChI=1S/C17H27N3/c1-14-4-3-5-17(15(14)2)20-10-6-16(7-11-20)19-12-8-18-9-13-19/h3-5,16,18H,6-13H2,1-2H3. The molecule has 110 valence electrons. The van der Waals surface area contributed by atoms with Crippen molar-refractivity contribution in [2.45, 2.75) is 32.7 Å². The fraction of sp³-hybridized carbons (Fsp3) is 0.647.